The van der Waals surface area contributed by atoms with Crippen molar-refractivity contribution in [2.45, 2.75) is 70.9 Å². The number of carbonyl (C=O) groups is 2. The number of nitrogens with zero attached hydrogens (tertiary/aromatic N) is 3. The number of methoxy groups -OCH3 is 1. The van der Waals surface area contributed by atoms with Gasteiger partial charge in [0, 0.05) is 48.5 Å². The lowest BCUT2D eigenvalue weighted by atomic mass is 9.84. The van der Waals surface area contributed by atoms with Gasteiger partial charge in [0.25, 0.3) is 0 Å². The minimum absolute atomic E-state index is 0.00769. The summed E-state index contributed by atoms with van der Waals surface area (Å²) in [6.07, 6.45) is 3.42. The maximum atomic E-state index is 16.5. The number of likely N-dealkylation sites (tertiary alicyclic amines) is 1. The van der Waals surface area contributed by atoms with Gasteiger partial charge in [0.2, 0.25) is 5.43 Å². The smallest absolute Gasteiger partial charge is 0.341 e. The molecule has 3 heterocycles. The Labute approximate surface area is 295 Å². The van der Waals surface area contributed by atoms with Crippen molar-refractivity contribution in [2.75, 3.05) is 38.4 Å². The van der Waals surface area contributed by atoms with E-state index in [0.29, 0.717) is 42.0 Å². The first kappa shape index (κ1) is 34.7. The fraction of sp³-hybridized carbons (Fsp3) is 0.425. The number of anilines is 1. The van der Waals surface area contributed by atoms with Crippen LogP contribution in [0, 0.1) is 31.4 Å². The van der Waals surface area contributed by atoms with Gasteiger partial charge in [-0.2, -0.15) is 0 Å². The van der Waals surface area contributed by atoms with Crippen molar-refractivity contribution in [1.29, 1.82) is 0 Å². The molecule has 4 aromatic rings. The Bertz CT molecular complexity index is 2110. The number of piperidine rings is 1. The lowest BCUT2D eigenvalue weighted by Gasteiger charge is -2.36. The number of fused-ring (bicyclic) bond motifs is 2. The third-order valence-electron chi connectivity index (χ3n) is 11.2. The van der Waals surface area contributed by atoms with Crippen LogP contribution in [0.25, 0.3) is 22.0 Å². The summed E-state index contributed by atoms with van der Waals surface area (Å²) in [7, 11) is 1.45. The van der Waals surface area contributed by atoms with Crippen LogP contribution in [-0.4, -0.2) is 66.0 Å². The number of hydrogen-bond acceptors (Lipinski definition) is 7. The summed E-state index contributed by atoms with van der Waals surface area (Å²) < 4.78 is 45.5. The maximum absolute atomic E-state index is 16.5. The number of carbonyl (C=O) groups excluding carboxylic acids is 1. The first-order chi connectivity index (χ1) is 24.3. The normalized spacial score (nSPS) is 19.3. The van der Waals surface area contributed by atoms with E-state index >= 15 is 8.78 Å². The number of aromatic nitrogens is 1. The van der Waals surface area contributed by atoms with Crippen LogP contribution in [0.1, 0.15) is 72.8 Å². The van der Waals surface area contributed by atoms with Crippen molar-refractivity contribution in [3.8, 4) is 16.9 Å². The topological polar surface area (TPSA) is 101 Å². The summed E-state index contributed by atoms with van der Waals surface area (Å²) in [6, 6.07) is 14.0. The van der Waals surface area contributed by atoms with Crippen molar-refractivity contribution < 1.29 is 33.0 Å². The maximum Gasteiger partial charge on any atom is 0.341 e. The van der Waals surface area contributed by atoms with Crippen LogP contribution < -0.4 is 15.1 Å². The summed E-state index contributed by atoms with van der Waals surface area (Å²) in [4.78, 5) is 43.4. The lowest BCUT2D eigenvalue weighted by molar-refractivity contribution is -0.156. The van der Waals surface area contributed by atoms with E-state index in [1.165, 1.54) is 20.1 Å². The summed E-state index contributed by atoms with van der Waals surface area (Å²) in [6.45, 7) is 8.31. The average Bonchev–Trinajstić information content (AvgIpc) is 3.85. The second kappa shape index (κ2) is 13.1. The van der Waals surface area contributed by atoms with E-state index in [4.69, 9.17) is 9.47 Å². The molecule has 11 heteroatoms. The zero-order valence-electron chi connectivity index (χ0n) is 29.6. The Morgan fingerprint density at radius 3 is 2.39 bits per heavy atom. The molecule has 3 aromatic carbocycles. The number of aromatic carboxylic acids is 1. The van der Waals surface area contributed by atoms with Gasteiger partial charge in [-0.25, -0.2) is 13.6 Å². The molecule has 1 aliphatic carbocycles. The Morgan fingerprint density at radius 2 is 1.75 bits per heavy atom. The molecule has 0 spiro atoms. The van der Waals surface area contributed by atoms with Crippen LogP contribution in [0.3, 0.4) is 0 Å². The predicted molar refractivity (Wildman–Crippen MR) is 191 cm³/mol. The van der Waals surface area contributed by atoms with E-state index in [0.717, 1.165) is 31.2 Å². The van der Waals surface area contributed by atoms with Crippen molar-refractivity contribution >= 4 is 28.5 Å². The van der Waals surface area contributed by atoms with Crippen molar-refractivity contribution in [3.63, 3.8) is 0 Å². The van der Waals surface area contributed by atoms with Gasteiger partial charge >= 0.3 is 11.9 Å². The third kappa shape index (κ3) is 5.85. The van der Waals surface area contributed by atoms with E-state index < -0.39 is 34.4 Å². The van der Waals surface area contributed by atoms with Gasteiger partial charge in [0.15, 0.2) is 11.6 Å². The molecule has 2 aliphatic heterocycles. The molecule has 1 N–H and O–H groups in total. The quantitative estimate of drug-likeness (QED) is 0.187. The fourth-order valence-corrected chi connectivity index (χ4v) is 8.20. The Balaban J connectivity index is 1.15. The van der Waals surface area contributed by atoms with Crippen LogP contribution >= 0.6 is 0 Å². The Hall–Kier alpha value is -4.77. The molecule has 1 aromatic heterocycles. The number of aryl methyl sites for hydroxylation is 1. The summed E-state index contributed by atoms with van der Waals surface area (Å²) in [5, 5.41) is 9.97. The van der Waals surface area contributed by atoms with E-state index in [-0.39, 0.29) is 52.7 Å². The first-order valence-corrected chi connectivity index (χ1v) is 17.5. The number of hydrogen-bond donors (Lipinski definition) is 1. The van der Waals surface area contributed by atoms with Crippen LogP contribution in [0.2, 0.25) is 0 Å². The van der Waals surface area contributed by atoms with E-state index in [1.54, 1.807) is 32.9 Å². The van der Waals surface area contributed by atoms with Gasteiger partial charge in [-0.05, 0) is 76.5 Å². The van der Waals surface area contributed by atoms with Crippen LogP contribution in [-0.2, 0) is 14.9 Å². The molecule has 2 unspecified atom stereocenters. The third-order valence-corrected chi connectivity index (χ3v) is 11.2. The number of halogens is 2. The number of benzene rings is 3. The molecular formula is C40H43F2N3O6. The minimum Gasteiger partial charge on any atom is -0.492 e. The van der Waals surface area contributed by atoms with E-state index in [1.807, 2.05) is 39.8 Å². The van der Waals surface area contributed by atoms with Crippen molar-refractivity contribution in [2.24, 2.45) is 5.92 Å². The standard InChI is InChI=1S/C40H43F2N3O6/c1-22-31-34(45(27-14-15-27)23(2)32(36(31)46)38(47)48)37(50-5)35(33(22)42)44-19-25-12-9-17-43(30(25)20-44)21-51-39(49)40(3,4)26-13-16-28(29(41)18-26)24-10-7-6-8-11-24/h6-8,10-11,13,16,18,25,27,30H,9,12,14-15,17,19-21H2,1-5H3,(H,47,48). The van der Waals surface area contributed by atoms with Crippen LogP contribution in [0.15, 0.2) is 53.3 Å². The molecule has 9 nitrogen and oxygen atoms in total. The zero-order valence-corrected chi connectivity index (χ0v) is 29.6. The second-order valence-corrected chi connectivity index (χ2v) is 14.7. The largest absolute Gasteiger partial charge is 0.492 e. The zero-order chi connectivity index (χ0) is 36.4. The number of pyridine rings is 1. The molecule has 0 bridgehead atoms. The SMILES string of the molecule is COc1c(N2CC3CCCN(COC(=O)C(C)(C)c4ccc(-c5ccccc5)c(F)c4)C3C2)c(F)c(C)c2c(=O)c(C(=O)O)c(C)n(C3CC3)c12. The number of carboxylic acid groups (broad SMARTS) is 1. The van der Waals surface area contributed by atoms with Crippen LogP contribution in [0.4, 0.5) is 14.5 Å². The highest BCUT2D eigenvalue weighted by Crippen LogP contribution is 2.47. The molecule has 3 aliphatic rings. The molecule has 2 saturated heterocycles. The van der Waals surface area contributed by atoms with Crippen molar-refractivity contribution in [1.82, 2.24) is 9.47 Å². The molecule has 3 fully saturated rings. The Kier molecular flexibility index (Phi) is 8.90. The first-order valence-electron chi connectivity index (χ1n) is 17.5. The van der Waals surface area contributed by atoms with Gasteiger partial charge in [0.1, 0.15) is 23.8 Å². The number of rotatable bonds is 9. The highest BCUT2D eigenvalue weighted by atomic mass is 19.1. The number of ether oxygens (including phenoxy) is 2. The summed E-state index contributed by atoms with van der Waals surface area (Å²) >= 11 is 0. The molecule has 1 saturated carbocycles. The Morgan fingerprint density at radius 1 is 1.02 bits per heavy atom. The predicted octanol–water partition coefficient (Wildman–Crippen LogP) is 6.98. The fourth-order valence-electron chi connectivity index (χ4n) is 8.20. The van der Waals surface area contributed by atoms with Crippen LogP contribution in [0.5, 0.6) is 5.75 Å². The monoisotopic (exact) mass is 699 g/mol. The molecule has 268 valence electrons. The van der Waals surface area contributed by atoms with E-state index in [2.05, 4.69) is 4.90 Å². The van der Waals surface area contributed by atoms with Gasteiger partial charge in [-0.3, -0.25) is 14.5 Å². The van der Waals surface area contributed by atoms with Gasteiger partial charge in [-0.15, -0.1) is 0 Å². The average molecular weight is 700 g/mol. The molecular weight excluding hydrogens is 656 g/mol. The van der Waals surface area contributed by atoms with E-state index in [9.17, 15) is 19.5 Å². The minimum atomic E-state index is -1.34. The number of esters is 1. The van der Waals surface area contributed by atoms with Crippen molar-refractivity contribution in [3.05, 3.63) is 92.8 Å². The highest BCUT2D eigenvalue weighted by Gasteiger charge is 2.43. The molecule has 2 atom stereocenters. The van der Waals surface area contributed by atoms with Gasteiger partial charge < -0.3 is 24.0 Å². The van der Waals surface area contributed by atoms with Gasteiger partial charge in [-0.1, -0.05) is 42.5 Å². The summed E-state index contributed by atoms with van der Waals surface area (Å²) in [5.74, 6) is -2.45. The summed E-state index contributed by atoms with van der Waals surface area (Å²) in [5.41, 5.74) is 0.667. The lowest BCUT2D eigenvalue weighted by Crippen LogP contribution is -2.47. The molecule has 0 amide bonds. The second-order valence-electron chi connectivity index (χ2n) is 14.7. The highest BCUT2D eigenvalue weighted by molar-refractivity contribution is 6.00. The molecule has 7 rings (SSSR count). The van der Waals surface area contributed by atoms with Gasteiger partial charge in [0.05, 0.1) is 23.4 Å². The number of carboxylic acids is 1. The molecule has 51 heavy (non-hydrogen) atoms. The molecule has 0 radical (unpaired) electrons.